The number of ether oxygens (including phenoxy) is 14. The van der Waals surface area contributed by atoms with Gasteiger partial charge in [0.15, 0.2) is 0 Å². The first-order chi connectivity index (χ1) is 37.1. The number of carbonyl (C=O) groups excluding carboxylic acids is 2. The van der Waals surface area contributed by atoms with E-state index in [9.17, 15) is 22.8 Å². The summed E-state index contributed by atoms with van der Waals surface area (Å²) in [4.78, 5) is 32.9. The average Bonchev–Trinajstić information content (AvgIpc) is 3.85. The number of carbonyl (C=O) groups is 2. The summed E-state index contributed by atoms with van der Waals surface area (Å²) in [5, 5.41) is 9.70. The van der Waals surface area contributed by atoms with Crippen LogP contribution in [0.5, 0.6) is 0 Å². The number of rotatable bonds is 47. The molecule has 2 fully saturated rings. The highest BCUT2D eigenvalue weighted by Gasteiger charge is 2.48. The fourth-order valence-corrected chi connectivity index (χ4v) is 8.93. The van der Waals surface area contributed by atoms with Gasteiger partial charge in [-0.15, -0.1) is 0 Å². The zero-order chi connectivity index (χ0) is 54.2. The molecule has 3 N–H and O–H groups in total. The third-order valence-electron chi connectivity index (χ3n) is 13.0. The molecule has 24 heteroatoms. The lowest BCUT2D eigenvalue weighted by Crippen LogP contribution is -2.51. The van der Waals surface area contributed by atoms with Crippen molar-refractivity contribution in [2.45, 2.75) is 82.3 Å². The molecule has 4 atom stereocenters. The number of hydrogen-bond donors (Lipinski definition) is 3. The molecule has 1 aromatic heterocycles. The summed E-state index contributed by atoms with van der Waals surface area (Å²) >= 11 is 0. The molecule has 0 aromatic carbocycles. The van der Waals surface area contributed by atoms with Gasteiger partial charge in [0.2, 0.25) is 11.8 Å². The maximum absolute atomic E-state index is 14.4. The van der Waals surface area contributed by atoms with Gasteiger partial charge in [0.05, 0.1) is 182 Å². The molecule has 0 radical (unpaired) electrons. The number of nitrogens with one attached hydrogen (secondary N) is 3. The van der Waals surface area contributed by atoms with Gasteiger partial charge in [0, 0.05) is 76.7 Å². The summed E-state index contributed by atoms with van der Waals surface area (Å²) in [6, 6.07) is 1.27. The number of likely N-dealkylation sites (N-methyl/N-ethyl adjacent to an activating group) is 1. The predicted octanol–water partition coefficient (Wildman–Crippen LogP) is 2.62. The summed E-state index contributed by atoms with van der Waals surface area (Å²) in [5.74, 6) is -0.209. The van der Waals surface area contributed by atoms with Crippen LogP contribution >= 0.6 is 0 Å². The fraction of sp³-hybridized carbons (Fsp3) is 0.865. The lowest BCUT2D eigenvalue weighted by atomic mass is 9.79. The van der Waals surface area contributed by atoms with E-state index >= 15 is 0 Å². The third-order valence-corrected chi connectivity index (χ3v) is 13.0. The van der Waals surface area contributed by atoms with Crippen molar-refractivity contribution in [1.29, 1.82) is 0 Å². The number of hydrogen-bond acceptors (Lipinski definition) is 19. The van der Waals surface area contributed by atoms with Crippen molar-refractivity contribution >= 4 is 11.8 Å². The number of nitrogens with zero attached hydrogens (tertiary/aromatic N) is 2. The van der Waals surface area contributed by atoms with Crippen LogP contribution in [0.25, 0.3) is 0 Å². The van der Waals surface area contributed by atoms with Crippen molar-refractivity contribution in [1.82, 2.24) is 25.8 Å². The predicted molar refractivity (Wildman–Crippen MR) is 272 cm³/mol. The van der Waals surface area contributed by atoms with Crippen molar-refractivity contribution in [3.8, 4) is 0 Å². The van der Waals surface area contributed by atoms with E-state index in [1.54, 1.807) is 12.0 Å². The molecule has 3 aliphatic rings. The van der Waals surface area contributed by atoms with E-state index in [-0.39, 0.29) is 49.6 Å². The molecule has 2 amide bonds. The molecule has 440 valence electrons. The summed E-state index contributed by atoms with van der Waals surface area (Å²) in [7, 11) is 3.55. The number of amides is 2. The first-order valence-corrected chi connectivity index (χ1v) is 27.2. The third kappa shape index (κ3) is 28.4. The molecule has 1 aliphatic carbocycles. The van der Waals surface area contributed by atoms with Gasteiger partial charge in [-0.25, -0.2) is 0 Å². The van der Waals surface area contributed by atoms with E-state index in [2.05, 4.69) is 20.9 Å². The number of pyridine rings is 1. The largest absolute Gasteiger partial charge is 0.417 e. The normalized spacial score (nSPS) is 19.9. The maximum atomic E-state index is 14.4. The van der Waals surface area contributed by atoms with E-state index in [4.69, 9.17) is 66.3 Å². The standard InChI is InChI=1S/C52H90F3N5O16/c1-56-11-15-65-17-19-67-21-23-69-25-27-71-29-31-73-33-35-75-37-36-74-34-32-72-30-28-70-26-24-68-22-20-66-18-16-64-14-7-49(61)57-10-3-8-51(9-4-45(39-51)59-47-6-13-76-42-48(47)63-2)50(62)60-12-5-46-43(41-60)38-44(40-58-46)52(53,54)55/h38,40,45,47-48,56,59H,3-37,39,41-42H2,1-2H3,(H,57,61). The van der Waals surface area contributed by atoms with Crippen molar-refractivity contribution in [3.63, 3.8) is 0 Å². The molecular weight excluding hydrogens is 1010 g/mol. The Morgan fingerprint density at radius 1 is 0.697 bits per heavy atom. The summed E-state index contributed by atoms with van der Waals surface area (Å²) in [5.41, 5.74) is -0.513. The van der Waals surface area contributed by atoms with Crippen LogP contribution in [0.1, 0.15) is 61.8 Å². The lowest BCUT2D eigenvalue weighted by Gasteiger charge is -2.38. The first-order valence-electron chi connectivity index (χ1n) is 27.2. The van der Waals surface area contributed by atoms with Crippen LogP contribution in [0, 0.1) is 5.41 Å². The Bertz CT molecular complexity index is 1650. The Hall–Kier alpha value is -2.76. The maximum Gasteiger partial charge on any atom is 0.417 e. The van der Waals surface area contributed by atoms with Gasteiger partial charge in [0.25, 0.3) is 0 Å². The smallest absolute Gasteiger partial charge is 0.379 e. The SMILES string of the molecule is CNCCOCCOCCOCCOCCOCCOCCOCCOCCOCCOCCOCCOCCC(=O)NCCCC1(C(=O)N2CCc3ncc(C(F)(F)F)cc3C2)CCC(NC2CCOCC2OC)C1. The van der Waals surface area contributed by atoms with Crippen LogP contribution in [0.2, 0.25) is 0 Å². The van der Waals surface area contributed by atoms with E-state index in [0.717, 1.165) is 31.6 Å². The second-order valence-corrected chi connectivity index (χ2v) is 18.6. The van der Waals surface area contributed by atoms with Gasteiger partial charge >= 0.3 is 6.18 Å². The zero-order valence-electron chi connectivity index (χ0n) is 45.3. The Morgan fingerprint density at radius 2 is 1.18 bits per heavy atom. The molecule has 4 unspecified atom stereocenters. The number of fused-ring (bicyclic) bond motifs is 1. The van der Waals surface area contributed by atoms with Gasteiger partial charge in [-0.2, -0.15) is 13.2 Å². The zero-order valence-corrected chi connectivity index (χ0v) is 45.3. The molecular formula is C52H90F3N5O16. The molecule has 4 rings (SSSR count). The number of methoxy groups -OCH3 is 1. The van der Waals surface area contributed by atoms with Gasteiger partial charge < -0.3 is 87.2 Å². The molecule has 2 aliphatic heterocycles. The summed E-state index contributed by atoms with van der Waals surface area (Å²) in [6.07, 6.45) is 0.715. The van der Waals surface area contributed by atoms with Crippen molar-refractivity contribution < 1.29 is 89.1 Å². The highest BCUT2D eigenvalue weighted by atomic mass is 19.4. The van der Waals surface area contributed by atoms with Crippen molar-refractivity contribution in [2.24, 2.45) is 5.41 Å². The Labute approximate surface area is 448 Å². The molecule has 1 aromatic rings. The Balaban J connectivity index is 0.900. The Morgan fingerprint density at radius 3 is 1.66 bits per heavy atom. The first kappa shape index (κ1) is 65.8. The lowest BCUT2D eigenvalue weighted by molar-refractivity contribution is -0.143. The van der Waals surface area contributed by atoms with Gasteiger partial charge in [-0.1, -0.05) is 0 Å². The summed E-state index contributed by atoms with van der Waals surface area (Å²) in [6.45, 7) is 14.0. The highest BCUT2D eigenvalue weighted by molar-refractivity contribution is 5.83. The highest BCUT2D eigenvalue weighted by Crippen LogP contribution is 2.45. The Kier molecular flexibility index (Phi) is 35.7. The minimum absolute atomic E-state index is 0.0553. The van der Waals surface area contributed by atoms with Crippen LogP contribution in [0.3, 0.4) is 0 Å². The van der Waals surface area contributed by atoms with E-state index in [1.165, 1.54) is 0 Å². The fourth-order valence-electron chi connectivity index (χ4n) is 8.93. The molecule has 0 bridgehead atoms. The molecule has 1 saturated heterocycles. The number of aromatic nitrogens is 1. The van der Waals surface area contributed by atoms with Gasteiger partial charge in [-0.3, -0.25) is 14.6 Å². The van der Waals surface area contributed by atoms with Crippen LogP contribution in [-0.2, 0) is 95.0 Å². The van der Waals surface area contributed by atoms with Gasteiger partial charge in [0.1, 0.15) is 0 Å². The van der Waals surface area contributed by atoms with Crippen molar-refractivity contribution in [3.05, 3.63) is 29.1 Å². The second-order valence-electron chi connectivity index (χ2n) is 18.6. The molecule has 76 heavy (non-hydrogen) atoms. The molecule has 21 nitrogen and oxygen atoms in total. The van der Waals surface area contributed by atoms with Gasteiger partial charge in [-0.05, 0) is 57.2 Å². The second kappa shape index (κ2) is 41.3. The summed E-state index contributed by atoms with van der Waals surface area (Å²) < 4.78 is 118. The topological polar surface area (TPSA) is 216 Å². The van der Waals surface area contributed by atoms with Crippen LogP contribution in [0.15, 0.2) is 12.3 Å². The van der Waals surface area contributed by atoms with E-state index in [1.807, 2.05) is 7.05 Å². The minimum Gasteiger partial charge on any atom is -0.379 e. The minimum atomic E-state index is -4.52. The molecule has 3 heterocycles. The number of alkyl halides is 3. The van der Waals surface area contributed by atoms with Crippen LogP contribution in [0.4, 0.5) is 13.2 Å². The van der Waals surface area contributed by atoms with Crippen LogP contribution < -0.4 is 16.0 Å². The molecule has 0 spiro atoms. The monoisotopic (exact) mass is 1100 g/mol. The quantitative estimate of drug-likeness (QED) is 0.0800. The number of halogens is 3. The molecule has 1 saturated carbocycles. The van der Waals surface area contributed by atoms with E-state index in [0.29, 0.717) is 222 Å². The van der Waals surface area contributed by atoms with Crippen molar-refractivity contribution in [2.75, 3.05) is 206 Å². The van der Waals surface area contributed by atoms with E-state index < -0.39 is 17.2 Å². The van der Waals surface area contributed by atoms with Crippen LogP contribution in [-0.4, -0.2) is 245 Å². The average molecular weight is 1100 g/mol.